The Morgan fingerprint density at radius 2 is 2.12 bits per heavy atom. The molecule has 0 aliphatic carbocycles. The van der Waals surface area contributed by atoms with Crippen LogP contribution in [0.1, 0.15) is 42.0 Å². The highest BCUT2D eigenvalue weighted by Crippen LogP contribution is 2.32. The highest BCUT2D eigenvalue weighted by molar-refractivity contribution is 5.84. The Labute approximate surface area is 141 Å². The summed E-state index contributed by atoms with van der Waals surface area (Å²) in [5, 5.41) is 4.18. The molecule has 2 heterocycles. The molecule has 1 aromatic carbocycles. The summed E-state index contributed by atoms with van der Waals surface area (Å²) in [5.41, 5.74) is 1.27. The minimum Gasteiger partial charge on any atom is -0.494 e. The van der Waals surface area contributed by atoms with Gasteiger partial charge in [0.05, 0.1) is 20.4 Å². The summed E-state index contributed by atoms with van der Waals surface area (Å²) in [6.45, 7) is 4.24. The number of methoxy groups -OCH3 is 1. The summed E-state index contributed by atoms with van der Waals surface area (Å²) < 4.78 is 11.8. The minimum atomic E-state index is -0.516. The SMILES string of the molecule is CCOc1ccc([C@@H]2CCCN2Cn2cnc(C(=O)OC)n2)cc1. The quantitative estimate of drug-likeness (QED) is 0.757. The molecule has 3 rings (SSSR count). The van der Waals surface area contributed by atoms with Crippen molar-refractivity contribution < 1.29 is 14.3 Å². The normalized spacial score (nSPS) is 17.8. The standard InChI is InChI=1S/C17H22N4O3/c1-3-24-14-8-6-13(7-9-14)15-5-4-10-20(15)12-21-11-18-16(19-21)17(22)23-2/h6-9,11,15H,3-5,10,12H2,1-2H3/t15-/m0/s1. The lowest BCUT2D eigenvalue weighted by molar-refractivity contribution is 0.0585. The van der Waals surface area contributed by atoms with Gasteiger partial charge in [0.15, 0.2) is 0 Å². The second-order valence-electron chi connectivity index (χ2n) is 5.71. The van der Waals surface area contributed by atoms with Gasteiger partial charge in [-0.15, -0.1) is 5.10 Å². The van der Waals surface area contributed by atoms with E-state index in [0.717, 1.165) is 25.1 Å². The third kappa shape index (κ3) is 3.56. The summed E-state index contributed by atoms with van der Waals surface area (Å²) in [5.74, 6) is 0.470. The van der Waals surface area contributed by atoms with E-state index < -0.39 is 5.97 Å². The van der Waals surface area contributed by atoms with Gasteiger partial charge < -0.3 is 9.47 Å². The van der Waals surface area contributed by atoms with E-state index in [0.29, 0.717) is 19.3 Å². The molecule has 0 saturated carbocycles. The van der Waals surface area contributed by atoms with Crippen LogP contribution in [0.25, 0.3) is 0 Å². The maximum absolute atomic E-state index is 11.4. The number of rotatable bonds is 6. The fourth-order valence-corrected chi connectivity index (χ4v) is 3.06. The maximum Gasteiger partial charge on any atom is 0.377 e. The Hall–Kier alpha value is -2.41. The van der Waals surface area contributed by atoms with Crippen molar-refractivity contribution in [2.75, 3.05) is 20.3 Å². The monoisotopic (exact) mass is 330 g/mol. The number of carbonyl (C=O) groups is 1. The first-order chi connectivity index (χ1) is 11.7. The molecule has 0 amide bonds. The minimum absolute atomic E-state index is 0.0920. The number of aromatic nitrogens is 3. The zero-order valence-electron chi connectivity index (χ0n) is 14.0. The van der Waals surface area contributed by atoms with Crippen molar-refractivity contribution in [3.8, 4) is 5.75 Å². The molecule has 7 nitrogen and oxygen atoms in total. The molecular weight excluding hydrogens is 308 g/mol. The van der Waals surface area contributed by atoms with E-state index in [-0.39, 0.29) is 5.82 Å². The zero-order valence-corrected chi connectivity index (χ0v) is 14.0. The van der Waals surface area contributed by atoms with Gasteiger partial charge in [-0.25, -0.2) is 14.5 Å². The molecule has 0 N–H and O–H groups in total. The summed E-state index contributed by atoms with van der Waals surface area (Å²) in [6.07, 6.45) is 3.81. The molecule has 1 atom stereocenters. The lowest BCUT2D eigenvalue weighted by Gasteiger charge is -2.24. The third-order valence-electron chi connectivity index (χ3n) is 4.17. The number of hydrogen-bond acceptors (Lipinski definition) is 6. The van der Waals surface area contributed by atoms with Crippen LogP contribution in [0, 0.1) is 0 Å². The molecule has 2 aromatic rings. The number of carbonyl (C=O) groups excluding carboxylic acids is 1. The van der Waals surface area contributed by atoms with Crippen molar-refractivity contribution in [1.29, 1.82) is 0 Å². The third-order valence-corrected chi connectivity index (χ3v) is 4.17. The van der Waals surface area contributed by atoms with Crippen LogP contribution in [0.3, 0.4) is 0 Å². The summed E-state index contributed by atoms with van der Waals surface area (Å²) in [7, 11) is 1.32. The second-order valence-corrected chi connectivity index (χ2v) is 5.71. The Balaban J connectivity index is 1.69. The van der Waals surface area contributed by atoms with Crippen molar-refractivity contribution in [2.45, 2.75) is 32.5 Å². The smallest absolute Gasteiger partial charge is 0.377 e. The molecule has 0 radical (unpaired) electrons. The maximum atomic E-state index is 11.4. The average molecular weight is 330 g/mol. The number of hydrogen-bond donors (Lipinski definition) is 0. The predicted octanol–water partition coefficient (Wildman–Crippen LogP) is 2.26. The van der Waals surface area contributed by atoms with E-state index in [1.54, 1.807) is 11.0 Å². The highest BCUT2D eigenvalue weighted by atomic mass is 16.5. The Bertz CT molecular complexity index is 683. The van der Waals surface area contributed by atoms with Crippen LogP contribution in [-0.2, 0) is 11.4 Å². The van der Waals surface area contributed by atoms with Crippen LogP contribution < -0.4 is 4.74 Å². The molecular formula is C17H22N4O3. The molecule has 1 aliphatic heterocycles. The molecule has 0 bridgehead atoms. The van der Waals surface area contributed by atoms with E-state index in [9.17, 15) is 4.79 Å². The van der Waals surface area contributed by atoms with E-state index in [4.69, 9.17) is 4.74 Å². The Morgan fingerprint density at radius 1 is 1.33 bits per heavy atom. The van der Waals surface area contributed by atoms with E-state index in [2.05, 4.69) is 31.9 Å². The average Bonchev–Trinajstić information content (AvgIpc) is 3.25. The number of benzene rings is 1. The van der Waals surface area contributed by atoms with Crippen LogP contribution in [-0.4, -0.2) is 45.9 Å². The zero-order chi connectivity index (χ0) is 16.9. The van der Waals surface area contributed by atoms with Crippen LogP contribution in [0.15, 0.2) is 30.6 Å². The first-order valence-corrected chi connectivity index (χ1v) is 8.16. The van der Waals surface area contributed by atoms with E-state index in [1.165, 1.54) is 12.7 Å². The van der Waals surface area contributed by atoms with Crippen LogP contribution in [0.5, 0.6) is 5.75 Å². The summed E-state index contributed by atoms with van der Waals surface area (Å²) in [6, 6.07) is 8.61. The molecule has 24 heavy (non-hydrogen) atoms. The van der Waals surface area contributed by atoms with Gasteiger partial charge in [0, 0.05) is 12.6 Å². The van der Waals surface area contributed by atoms with Gasteiger partial charge >= 0.3 is 5.97 Å². The molecule has 0 unspecified atom stereocenters. The summed E-state index contributed by atoms with van der Waals surface area (Å²) >= 11 is 0. The summed E-state index contributed by atoms with van der Waals surface area (Å²) in [4.78, 5) is 17.8. The Morgan fingerprint density at radius 3 is 2.83 bits per heavy atom. The molecule has 1 aliphatic rings. The number of ether oxygens (including phenoxy) is 2. The lowest BCUT2D eigenvalue weighted by atomic mass is 10.0. The van der Waals surface area contributed by atoms with E-state index in [1.807, 2.05) is 19.1 Å². The topological polar surface area (TPSA) is 69.5 Å². The van der Waals surface area contributed by atoms with Gasteiger partial charge in [-0.2, -0.15) is 0 Å². The number of likely N-dealkylation sites (tertiary alicyclic amines) is 1. The number of esters is 1. The van der Waals surface area contributed by atoms with Gasteiger partial charge in [0.2, 0.25) is 0 Å². The van der Waals surface area contributed by atoms with Gasteiger partial charge in [0.25, 0.3) is 5.82 Å². The van der Waals surface area contributed by atoms with Gasteiger partial charge in [-0.05, 0) is 37.5 Å². The van der Waals surface area contributed by atoms with Crippen LogP contribution in [0.4, 0.5) is 0 Å². The highest BCUT2D eigenvalue weighted by Gasteiger charge is 2.26. The first-order valence-electron chi connectivity index (χ1n) is 8.16. The lowest BCUT2D eigenvalue weighted by Crippen LogP contribution is -2.26. The van der Waals surface area contributed by atoms with Crippen molar-refractivity contribution in [3.63, 3.8) is 0 Å². The molecule has 1 fully saturated rings. The predicted molar refractivity (Wildman–Crippen MR) is 87.7 cm³/mol. The molecule has 1 saturated heterocycles. The van der Waals surface area contributed by atoms with Crippen LogP contribution >= 0.6 is 0 Å². The van der Waals surface area contributed by atoms with Crippen molar-refractivity contribution >= 4 is 5.97 Å². The Kier molecular flexibility index (Phi) is 5.10. The van der Waals surface area contributed by atoms with E-state index >= 15 is 0 Å². The van der Waals surface area contributed by atoms with Crippen molar-refractivity contribution in [2.24, 2.45) is 0 Å². The fraction of sp³-hybridized carbons (Fsp3) is 0.471. The fourth-order valence-electron chi connectivity index (χ4n) is 3.06. The largest absolute Gasteiger partial charge is 0.494 e. The molecule has 1 aromatic heterocycles. The second kappa shape index (κ2) is 7.44. The van der Waals surface area contributed by atoms with Gasteiger partial charge in [-0.3, -0.25) is 4.90 Å². The van der Waals surface area contributed by atoms with Crippen molar-refractivity contribution in [1.82, 2.24) is 19.7 Å². The number of nitrogens with zero attached hydrogens (tertiary/aromatic N) is 4. The van der Waals surface area contributed by atoms with Crippen molar-refractivity contribution in [3.05, 3.63) is 42.0 Å². The van der Waals surface area contributed by atoms with Gasteiger partial charge in [-0.1, -0.05) is 12.1 Å². The van der Waals surface area contributed by atoms with Crippen LogP contribution in [0.2, 0.25) is 0 Å². The molecule has 0 spiro atoms. The van der Waals surface area contributed by atoms with Gasteiger partial charge in [0.1, 0.15) is 12.1 Å². The first kappa shape index (κ1) is 16.4. The molecule has 128 valence electrons. The molecule has 7 heteroatoms.